The third-order valence-corrected chi connectivity index (χ3v) is 5.52. The molecule has 0 fully saturated rings. The number of para-hydroxylation sites is 1. The number of carbonyl (C=O) groups excluding carboxylic acids is 1. The number of aryl methyl sites for hydroxylation is 1. The normalized spacial score (nSPS) is 11.0. The molecule has 0 aliphatic carbocycles. The highest BCUT2D eigenvalue weighted by atomic mass is 32.1. The maximum atomic E-state index is 13.0. The highest BCUT2D eigenvalue weighted by Gasteiger charge is 2.23. The summed E-state index contributed by atoms with van der Waals surface area (Å²) < 4.78 is 16.8. The number of anilines is 1. The van der Waals surface area contributed by atoms with Crippen LogP contribution in [0, 0.1) is 6.92 Å². The molecule has 1 amide bonds. The standard InChI is InChI=1S/C25H19N3O4S/c1-14-22(23(28-32-14)15-8-4-3-5-9-15)24(29)27-25(33)26-18-13-20-17(12-21(18)30-2)16-10-6-7-11-19(16)31-20/h3-13H,1-2H3,(H2,26,27,29,33). The van der Waals surface area contributed by atoms with Crippen molar-refractivity contribution in [2.75, 3.05) is 12.4 Å². The molecule has 33 heavy (non-hydrogen) atoms. The Labute approximate surface area is 194 Å². The van der Waals surface area contributed by atoms with Crippen molar-refractivity contribution < 1.29 is 18.5 Å². The van der Waals surface area contributed by atoms with Crippen LogP contribution in [0.3, 0.4) is 0 Å². The van der Waals surface area contributed by atoms with Crippen LogP contribution in [0.4, 0.5) is 5.69 Å². The predicted octanol–water partition coefficient (Wildman–Crippen LogP) is 5.68. The summed E-state index contributed by atoms with van der Waals surface area (Å²) in [5.74, 6) is 0.543. The average Bonchev–Trinajstić information content (AvgIpc) is 3.38. The summed E-state index contributed by atoms with van der Waals surface area (Å²) in [6.45, 7) is 1.68. The number of nitrogens with one attached hydrogen (secondary N) is 2. The number of carbonyl (C=O) groups is 1. The van der Waals surface area contributed by atoms with Crippen molar-refractivity contribution in [2.45, 2.75) is 6.92 Å². The molecule has 8 heteroatoms. The Morgan fingerprint density at radius 2 is 1.76 bits per heavy atom. The summed E-state index contributed by atoms with van der Waals surface area (Å²) in [6.07, 6.45) is 0. The Morgan fingerprint density at radius 1 is 1.00 bits per heavy atom. The maximum absolute atomic E-state index is 13.0. The van der Waals surface area contributed by atoms with Gasteiger partial charge in [-0.15, -0.1) is 0 Å². The summed E-state index contributed by atoms with van der Waals surface area (Å²) in [5.41, 5.74) is 3.57. The molecule has 0 spiro atoms. The first-order valence-electron chi connectivity index (χ1n) is 10.2. The first-order chi connectivity index (χ1) is 16.0. The largest absolute Gasteiger partial charge is 0.495 e. The van der Waals surface area contributed by atoms with Crippen LogP contribution < -0.4 is 15.4 Å². The highest BCUT2D eigenvalue weighted by molar-refractivity contribution is 7.80. The monoisotopic (exact) mass is 457 g/mol. The summed E-state index contributed by atoms with van der Waals surface area (Å²) >= 11 is 5.40. The Balaban J connectivity index is 1.41. The number of benzene rings is 3. The lowest BCUT2D eigenvalue weighted by atomic mass is 10.1. The van der Waals surface area contributed by atoms with E-state index in [1.165, 1.54) is 0 Å². The molecule has 164 valence electrons. The zero-order valence-corrected chi connectivity index (χ0v) is 18.7. The summed E-state index contributed by atoms with van der Waals surface area (Å²) in [5, 5.41) is 11.8. The number of amides is 1. The molecule has 2 heterocycles. The lowest BCUT2D eigenvalue weighted by Crippen LogP contribution is -2.34. The number of methoxy groups -OCH3 is 1. The Hall–Kier alpha value is -4.17. The van der Waals surface area contributed by atoms with Crippen molar-refractivity contribution in [3.05, 3.63) is 78.1 Å². The zero-order valence-electron chi connectivity index (χ0n) is 17.8. The van der Waals surface area contributed by atoms with Gasteiger partial charge in [0.05, 0.1) is 12.8 Å². The highest BCUT2D eigenvalue weighted by Crippen LogP contribution is 2.36. The molecular weight excluding hydrogens is 438 g/mol. The fraction of sp³-hybridized carbons (Fsp3) is 0.0800. The Kier molecular flexibility index (Phi) is 5.27. The number of hydrogen-bond acceptors (Lipinski definition) is 6. The molecule has 2 aromatic heterocycles. The average molecular weight is 458 g/mol. The van der Waals surface area contributed by atoms with Crippen molar-refractivity contribution in [1.82, 2.24) is 10.5 Å². The van der Waals surface area contributed by atoms with Crippen LogP contribution in [0.25, 0.3) is 33.2 Å². The Bertz CT molecular complexity index is 1500. The second-order valence-electron chi connectivity index (χ2n) is 7.38. The van der Waals surface area contributed by atoms with E-state index in [2.05, 4.69) is 15.8 Å². The molecule has 0 radical (unpaired) electrons. The van der Waals surface area contributed by atoms with Gasteiger partial charge >= 0.3 is 0 Å². The summed E-state index contributed by atoms with van der Waals surface area (Å²) in [7, 11) is 1.57. The summed E-state index contributed by atoms with van der Waals surface area (Å²) in [6, 6.07) is 20.8. The molecule has 0 aliphatic rings. The number of thiocarbonyl (C=S) groups is 1. The molecular formula is C25H19N3O4S. The first kappa shape index (κ1) is 20.7. The lowest BCUT2D eigenvalue weighted by Gasteiger charge is -2.13. The fourth-order valence-corrected chi connectivity index (χ4v) is 3.97. The van der Waals surface area contributed by atoms with E-state index < -0.39 is 5.91 Å². The van der Waals surface area contributed by atoms with E-state index in [0.29, 0.717) is 34.0 Å². The van der Waals surface area contributed by atoms with Crippen molar-refractivity contribution >= 4 is 50.9 Å². The molecule has 0 atom stereocenters. The van der Waals surface area contributed by atoms with Gasteiger partial charge in [-0.25, -0.2) is 0 Å². The van der Waals surface area contributed by atoms with E-state index >= 15 is 0 Å². The third kappa shape index (κ3) is 3.81. The van der Waals surface area contributed by atoms with Gasteiger partial charge in [0.2, 0.25) is 0 Å². The van der Waals surface area contributed by atoms with E-state index in [9.17, 15) is 4.79 Å². The number of ether oxygens (including phenoxy) is 1. The third-order valence-electron chi connectivity index (χ3n) is 5.31. The van der Waals surface area contributed by atoms with E-state index in [1.807, 2.05) is 60.7 Å². The quantitative estimate of drug-likeness (QED) is 0.335. The summed E-state index contributed by atoms with van der Waals surface area (Å²) in [4.78, 5) is 13.0. The van der Waals surface area contributed by atoms with Crippen LogP contribution >= 0.6 is 12.2 Å². The van der Waals surface area contributed by atoms with Gasteiger partial charge in [0.25, 0.3) is 5.91 Å². The maximum Gasteiger partial charge on any atom is 0.263 e. The van der Waals surface area contributed by atoms with Gasteiger partial charge in [-0.2, -0.15) is 0 Å². The SMILES string of the molecule is COc1cc2c(cc1NC(=S)NC(=O)c1c(-c3ccccc3)noc1C)oc1ccccc12. The molecule has 7 nitrogen and oxygen atoms in total. The van der Waals surface area contributed by atoms with Gasteiger partial charge in [0.1, 0.15) is 33.9 Å². The van der Waals surface area contributed by atoms with Crippen LogP contribution in [0.5, 0.6) is 5.75 Å². The minimum atomic E-state index is -0.422. The van der Waals surface area contributed by atoms with E-state index in [4.69, 9.17) is 25.9 Å². The molecule has 3 aromatic carbocycles. The minimum absolute atomic E-state index is 0.105. The van der Waals surface area contributed by atoms with Crippen LogP contribution in [0.2, 0.25) is 0 Å². The molecule has 0 aliphatic heterocycles. The van der Waals surface area contributed by atoms with Crippen LogP contribution in [0.1, 0.15) is 16.1 Å². The van der Waals surface area contributed by atoms with Gasteiger partial charge in [-0.1, -0.05) is 53.7 Å². The molecule has 0 saturated carbocycles. The van der Waals surface area contributed by atoms with Gasteiger partial charge < -0.3 is 19.0 Å². The zero-order chi connectivity index (χ0) is 22.9. The van der Waals surface area contributed by atoms with Crippen LogP contribution in [-0.4, -0.2) is 23.3 Å². The van der Waals surface area contributed by atoms with Gasteiger partial charge in [-0.3, -0.25) is 10.1 Å². The van der Waals surface area contributed by atoms with Gasteiger partial charge in [0, 0.05) is 22.4 Å². The lowest BCUT2D eigenvalue weighted by molar-refractivity contribution is 0.0977. The van der Waals surface area contributed by atoms with Crippen molar-refractivity contribution in [3.63, 3.8) is 0 Å². The molecule has 0 bridgehead atoms. The fourth-order valence-electron chi connectivity index (χ4n) is 3.77. The number of rotatable bonds is 4. The number of nitrogens with zero attached hydrogens (tertiary/aromatic N) is 1. The topological polar surface area (TPSA) is 89.5 Å². The number of aromatic nitrogens is 1. The van der Waals surface area contributed by atoms with Crippen LogP contribution in [-0.2, 0) is 0 Å². The number of hydrogen-bond donors (Lipinski definition) is 2. The van der Waals surface area contributed by atoms with E-state index in [0.717, 1.165) is 21.9 Å². The molecule has 0 unspecified atom stereocenters. The Morgan fingerprint density at radius 3 is 2.55 bits per heavy atom. The molecule has 0 saturated heterocycles. The van der Waals surface area contributed by atoms with Crippen molar-refractivity contribution in [1.29, 1.82) is 0 Å². The van der Waals surface area contributed by atoms with Gasteiger partial charge in [-0.05, 0) is 31.3 Å². The van der Waals surface area contributed by atoms with E-state index in [1.54, 1.807) is 20.1 Å². The molecule has 2 N–H and O–H groups in total. The predicted molar refractivity (Wildman–Crippen MR) is 131 cm³/mol. The smallest absolute Gasteiger partial charge is 0.263 e. The second kappa shape index (κ2) is 8.40. The number of fused-ring (bicyclic) bond motifs is 3. The van der Waals surface area contributed by atoms with Gasteiger partial charge in [0.15, 0.2) is 5.11 Å². The first-order valence-corrected chi connectivity index (χ1v) is 10.6. The minimum Gasteiger partial charge on any atom is -0.495 e. The second-order valence-corrected chi connectivity index (χ2v) is 7.79. The number of furan rings is 1. The van der Waals surface area contributed by atoms with Crippen molar-refractivity contribution in [2.24, 2.45) is 0 Å². The molecule has 5 aromatic rings. The van der Waals surface area contributed by atoms with E-state index in [-0.39, 0.29) is 5.11 Å². The van der Waals surface area contributed by atoms with Crippen LogP contribution in [0.15, 0.2) is 75.7 Å². The molecule has 5 rings (SSSR count). The van der Waals surface area contributed by atoms with Crippen molar-refractivity contribution in [3.8, 4) is 17.0 Å².